The van der Waals surface area contributed by atoms with E-state index in [1.807, 2.05) is 29.2 Å². The zero-order valence-corrected chi connectivity index (χ0v) is 11.6. The van der Waals surface area contributed by atoms with Crippen molar-refractivity contribution in [2.75, 3.05) is 11.9 Å². The van der Waals surface area contributed by atoms with E-state index < -0.39 is 0 Å². The lowest BCUT2D eigenvalue weighted by molar-refractivity contribution is 0.203. The minimum atomic E-state index is 0.0299. The number of urea groups is 1. The number of carbonyl (C=O) groups excluding carboxylic acids is 1. The lowest BCUT2D eigenvalue weighted by atomic mass is 10.1. The molecule has 0 saturated carbocycles. The molecule has 3 nitrogen and oxygen atoms in total. The fourth-order valence-electron chi connectivity index (χ4n) is 2.63. The summed E-state index contributed by atoms with van der Waals surface area (Å²) >= 11 is 0. The second-order valence-corrected chi connectivity index (χ2v) is 5.03. The molecule has 1 aromatic carbocycles. The summed E-state index contributed by atoms with van der Waals surface area (Å²) in [5.41, 5.74) is 1.90. The highest BCUT2D eigenvalue weighted by molar-refractivity contribution is 5.89. The van der Waals surface area contributed by atoms with E-state index in [1.165, 1.54) is 0 Å². The van der Waals surface area contributed by atoms with Gasteiger partial charge in [0, 0.05) is 18.3 Å². The van der Waals surface area contributed by atoms with Gasteiger partial charge < -0.3 is 10.2 Å². The standard InChI is InChI=1S/C16H22N2O/c1-3-6-15-7-5-12-18(15)16(19)17-14-10-8-13(4-2)9-11-14/h4,8-11,15H,2-3,5-7,12H2,1H3,(H,17,19)/t15-/m0/s1. The van der Waals surface area contributed by atoms with Gasteiger partial charge in [-0.05, 0) is 37.0 Å². The van der Waals surface area contributed by atoms with Crippen molar-refractivity contribution in [1.29, 1.82) is 0 Å². The molecular weight excluding hydrogens is 236 g/mol. The molecule has 1 aliphatic heterocycles. The second kappa shape index (κ2) is 6.41. The topological polar surface area (TPSA) is 32.3 Å². The number of nitrogens with zero attached hydrogens (tertiary/aromatic N) is 1. The Labute approximate surface area is 115 Å². The van der Waals surface area contributed by atoms with Crippen LogP contribution in [0.15, 0.2) is 30.8 Å². The van der Waals surface area contributed by atoms with E-state index >= 15 is 0 Å². The van der Waals surface area contributed by atoms with Gasteiger partial charge in [0.25, 0.3) is 0 Å². The summed E-state index contributed by atoms with van der Waals surface area (Å²) in [5.74, 6) is 0. The van der Waals surface area contributed by atoms with Gasteiger partial charge in [0.2, 0.25) is 0 Å². The van der Waals surface area contributed by atoms with Crippen molar-refractivity contribution in [2.24, 2.45) is 0 Å². The molecule has 102 valence electrons. The number of carbonyl (C=O) groups is 1. The zero-order chi connectivity index (χ0) is 13.7. The van der Waals surface area contributed by atoms with Crippen LogP contribution < -0.4 is 5.32 Å². The zero-order valence-electron chi connectivity index (χ0n) is 11.6. The van der Waals surface area contributed by atoms with Gasteiger partial charge in [-0.3, -0.25) is 0 Å². The van der Waals surface area contributed by atoms with Crippen LogP contribution in [0.25, 0.3) is 6.08 Å². The third-order valence-electron chi connectivity index (χ3n) is 3.66. The molecule has 19 heavy (non-hydrogen) atoms. The Bertz CT molecular complexity index is 439. The maximum Gasteiger partial charge on any atom is 0.322 e. The summed E-state index contributed by atoms with van der Waals surface area (Å²) in [7, 11) is 0. The predicted molar refractivity (Wildman–Crippen MR) is 80.2 cm³/mol. The molecular formula is C16H22N2O. The van der Waals surface area contributed by atoms with Gasteiger partial charge in [-0.2, -0.15) is 0 Å². The van der Waals surface area contributed by atoms with E-state index in [0.717, 1.165) is 43.5 Å². The number of hydrogen-bond acceptors (Lipinski definition) is 1. The fourth-order valence-corrected chi connectivity index (χ4v) is 2.63. The van der Waals surface area contributed by atoms with Gasteiger partial charge in [-0.15, -0.1) is 0 Å². The van der Waals surface area contributed by atoms with Gasteiger partial charge in [0.1, 0.15) is 0 Å². The van der Waals surface area contributed by atoms with Gasteiger partial charge >= 0.3 is 6.03 Å². The van der Waals surface area contributed by atoms with Gasteiger partial charge in [-0.1, -0.05) is 38.1 Å². The first-order valence-electron chi connectivity index (χ1n) is 7.04. The number of likely N-dealkylation sites (tertiary alicyclic amines) is 1. The van der Waals surface area contributed by atoms with Crippen LogP contribution in [0, 0.1) is 0 Å². The third-order valence-corrected chi connectivity index (χ3v) is 3.66. The van der Waals surface area contributed by atoms with Crippen LogP contribution in [0.5, 0.6) is 0 Å². The van der Waals surface area contributed by atoms with Crippen LogP contribution in [0.4, 0.5) is 10.5 Å². The van der Waals surface area contributed by atoms with Gasteiger partial charge in [0.05, 0.1) is 0 Å². The lowest BCUT2D eigenvalue weighted by Crippen LogP contribution is -2.38. The maximum atomic E-state index is 12.2. The molecule has 1 atom stereocenters. The summed E-state index contributed by atoms with van der Waals surface area (Å²) < 4.78 is 0. The van der Waals surface area contributed by atoms with Crippen molar-refractivity contribution in [3.8, 4) is 0 Å². The van der Waals surface area contributed by atoms with Crippen molar-refractivity contribution in [3.05, 3.63) is 36.4 Å². The number of rotatable bonds is 4. The molecule has 1 aliphatic rings. The monoisotopic (exact) mass is 258 g/mol. The third kappa shape index (κ3) is 3.37. The Morgan fingerprint density at radius 1 is 1.47 bits per heavy atom. The van der Waals surface area contributed by atoms with E-state index in [-0.39, 0.29) is 6.03 Å². The van der Waals surface area contributed by atoms with Crippen molar-refractivity contribution in [3.63, 3.8) is 0 Å². The Hall–Kier alpha value is -1.77. The molecule has 0 radical (unpaired) electrons. The number of benzene rings is 1. The number of nitrogens with one attached hydrogen (secondary N) is 1. The number of hydrogen-bond donors (Lipinski definition) is 1. The van der Waals surface area contributed by atoms with Crippen LogP contribution in [0.1, 0.15) is 38.2 Å². The van der Waals surface area contributed by atoms with E-state index in [4.69, 9.17) is 0 Å². The highest BCUT2D eigenvalue weighted by atomic mass is 16.2. The lowest BCUT2D eigenvalue weighted by Gasteiger charge is -2.24. The molecule has 0 aliphatic carbocycles. The SMILES string of the molecule is C=Cc1ccc(NC(=O)N2CCC[C@@H]2CCC)cc1. The first-order chi connectivity index (χ1) is 9.24. The molecule has 0 spiro atoms. The molecule has 1 N–H and O–H groups in total. The highest BCUT2D eigenvalue weighted by Crippen LogP contribution is 2.22. The first kappa shape index (κ1) is 13.7. The molecule has 2 rings (SSSR count). The smallest absolute Gasteiger partial charge is 0.322 e. The van der Waals surface area contributed by atoms with Crippen LogP contribution in [0.2, 0.25) is 0 Å². The Morgan fingerprint density at radius 2 is 2.21 bits per heavy atom. The van der Waals surface area contributed by atoms with E-state index in [1.54, 1.807) is 6.08 Å². The largest absolute Gasteiger partial charge is 0.322 e. The number of amides is 2. The van der Waals surface area contributed by atoms with Gasteiger partial charge in [-0.25, -0.2) is 4.79 Å². The fraction of sp³-hybridized carbons (Fsp3) is 0.438. The average Bonchev–Trinajstić information content (AvgIpc) is 2.88. The summed E-state index contributed by atoms with van der Waals surface area (Å²) in [4.78, 5) is 14.2. The molecule has 1 saturated heterocycles. The molecule has 3 heteroatoms. The summed E-state index contributed by atoms with van der Waals surface area (Å²) in [6, 6.07) is 8.19. The molecule has 0 bridgehead atoms. The van der Waals surface area contributed by atoms with Crippen molar-refractivity contribution >= 4 is 17.8 Å². The molecule has 1 fully saturated rings. The molecule has 2 amide bonds. The van der Waals surface area contributed by atoms with E-state index in [0.29, 0.717) is 6.04 Å². The van der Waals surface area contributed by atoms with Crippen molar-refractivity contribution in [2.45, 2.75) is 38.6 Å². The van der Waals surface area contributed by atoms with E-state index in [2.05, 4.69) is 18.8 Å². The maximum absolute atomic E-state index is 12.2. The molecule has 0 aromatic heterocycles. The normalized spacial score (nSPS) is 18.4. The Morgan fingerprint density at radius 3 is 2.84 bits per heavy atom. The molecule has 0 unspecified atom stereocenters. The molecule has 1 aromatic rings. The quantitative estimate of drug-likeness (QED) is 0.865. The first-order valence-corrected chi connectivity index (χ1v) is 7.04. The molecule has 1 heterocycles. The van der Waals surface area contributed by atoms with Crippen molar-refractivity contribution in [1.82, 2.24) is 4.90 Å². The average molecular weight is 258 g/mol. The van der Waals surface area contributed by atoms with Gasteiger partial charge in [0.15, 0.2) is 0 Å². The van der Waals surface area contributed by atoms with Crippen LogP contribution in [0.3, 0.4) is 0 Å². The Balaban J connectivity index is 1.97. The summed E-state index contributed by atoms with van der Waals surface area (Å²) in [6.45, 7) is 6.76. The second-order valence-electron chi connectivity index (χ2n) is 5.03. The van der Waals surface area contributed by atoms with Crippen molar-refractivity contribution < 1.29 is 4.79 Å². The predicted octanol–water partition coefficient (Wildman–Crippen LogP) is 4.13. The number of anilines is 1. The van der Waals surface area contributed by atoms with Crippen LogP contribution in [-0.4, -0.2) is 23.5 Å². The van der Waals surface area contributed by atoms with E-state index in [9.17, 15) is 4.79 Å². The van der Waals surface area contributed by atoms with Crippen LogP contribution >= 0.6 is 0 Å². The minimum absolute atomic E-state index is 0.0299. The highest BCUT2D eigenvalue weighted by Gasteiger charge is 2.27. The summed E-state index contributed by atoms with van der Waals surface area (Å²) in [6.07, 6.45) is 6.28. The minimum Gasteiger partial charge on any atom is -0.322 e. The Kier molecular flexibility index (Phi) is 4.61. The summed E-state index contributed by atoms with van der Waals surface area (Å²) in [5, 5.41) is 2.98. The van der Waals surface area contributed by atoms with Crippen LogP contribution in [-0.2, 0) is 0 Å².